The number of nitrogens with zero attached hydrogens (tertiary/aromatic N) is 2. The minimum atomic E-state index is -0.465. The summed E-state index contributed by atoms with van der Waals surface area (Å²) in [5, 5.41) is 14.6. The number of ether oxygens (including phenoxy) is 1. The Balaban J connectivity index is 1.95. The van der Waals surface area contributed by atoms with Gasteiger partial charge in [0.1, 0.15) is 5.75 Å². The fourth-order valence-electron chi connectivity index (χ4n) is 2.00. The predicted molar refractivity (Wildman–Crippen MR) is 90.1 cm³/mol. The second-order valence-corrected chi connectivity index (χ2v) is 5.06. The van der Waals surface area contributed by atoms with Crippen LogP contribution < -0.4 is 10.2 Å². The lowest BCUT2D eigenvalue weighted by molar-refractivity contribution is -0.384. The lowest BCUT2D eigenvalue weighted by atomic mass is 10.1. The van der Waals surface area contributed by atoms with Crippen molar-refractivity contribution in [1.82, 2.24) is 5.43 Å². The van der Waals surface area contributed by atoms with Crippen molar-refractivity contribution < 1.29 is 14.5 Å². The maximum Gasteiger partial charge on any atom is 0.269 e. The van der Waals surface area contributed by atoms with E-state index in [9.17, 15) is 14.9 Å². The van der Waals surface area contributed by atoms with Gasteiger partial charge in [0.05, 0.1) is 24.2 Å². The molecular formula is C17H17N3O4. The summed E-state index contributed by atoms with van der Waals surface area (Å²) in [5.41, 5.74) is 4.59. The van der Waals surface area contributed by atoms with Crippen LogP contribution in [0.15, 0.2) is 53.6 Å². The van der Waals surface area contributed by atoms with E-state index < -0.39 is 4.92 Å². The highest BCUT2D eigenvalue weighted by Gasteiger charge is 2.06. The number of non-ortho nitro benzene ring substituents is 1. The van der Waals surface area contributed by atoms with Gasteiger partial charge in [0.15, 0.2) is 0 Å². The number of carbonyl (C=O) groups is 1. The first kappa shape index (κ1) is 17.1. The maximum absolute atomic E-state index is 11.9. The number of nitro groups is 1. The Hall–Kier alpha value is -3.22. The number of nitro benzene ring substituents is 1. The van der Waals surface area contributed by atoms with Gasteiger partial charge in [0.25, 0.3) is 5.69 Å². The molecule has 0 aromatic heterocycles. The van der Waals surface area contributed by atoms with Crippen LogP contribution in [0.5, 0.6) is 5.75 Å². The molecule has 0 aliphatic carbocycles. The monoisotopic (exact) mass is 327 g/mol. The molecule has 0 fully saturated rings. The van der Waals surface area contributed by atoms with Crippen LogP contribution in [-0.4, -0.2) is 23.7 Å². The molecule has 2 aromatic rings. The Morgan fingerprint density at radius 2 is 1.79 bits per heavy atom. The molecule has 0 spiro atoms. The van der Waals surface area contributed by atoms with Gasteiger partial charge >= 0.3 is 0 Å². The van der Waals surface area contributed by atoms with E-state index in [2.05, 4.69) is 10.5 Å². The zero-order valence-corrected chi connectivity index (χ0v) is 13.4. The van der Waals surface area contributed by atoms with Crippen LogP contribution in [-0.2, 0) is 11.2 Å². The molecule has 24 heavy (non-hydrogen) atoms. The summed E-state index contributed by atoms with van der Waals surface area (Å²) in [6.07, 6.45) is 0.195. The Morgan fingerprint density at radius 1 is 1.17 bits per heavy atom. The SMILES string of the molecule is COc1ccc(CC(=O)NN=C(C)c2ccc([N+](=O)[O-])cc2)cc1. The first-order chi connectivity index (χ1) is 11.5. The first-order valence-corrected chi connectivity index (χ1v) is 7.20. The summed E-state index contributed by atoms with van der Waals surface area (Å²) in [5.74, 6) is 0.479. The average Bonchev–Trinajstić information content (AvgIpc) is 2.60. The lowest BCUT2D eigenvalue weighted by Gasteiger charge is -2.04. The molecule has 0 aliphatic rings. The highest BCUT2D eigenvalue weighted by molar-refractivity contribution is 5.99. The van der Waals surface area contributed by atoms with Gasteiger partial charge in [-0.1, -0.05) is 12.1 Å². The topological polar surface area (TPSA) is 93.8 Å². The number of methoxy groups -OCH3 is 1. The molecule has 0 aliphatic heterocycles. The fraction of sp³-hybridized carbons (Fsp3) is 0.176. The largest absolute Gasteiger partial charge is 0.497 e. The molecule has 7 nitrogen and oxygen atoms in total. The molecule has 0 atom stereocenters. The summed E-state index contributed by atoms with van der Waals surface area (Å²) in [6, 6.07) is 13.2. The zero-order valence-electron chi connectivity index (χ0n) is 13.4. The van der Waals surface area contributed by atoms with E-state index in [4.69, 9.17) is 4.74 Å². The summed E-state index contributed by atoms with van der Waals surface area (Å²) in [4.78, 5) is 22.1. The second kappa shape index (κ2) is 7.87. The highest BCUT2D eigenvalue weighted by atomic mass is 16.6. The molecule has 124 valence electrons. The Labute approximate surface area is 139 Å². The molecule has 0 heterocycles. The van der Waals surface area contributed by atoms with E-state index in [1.807, 2.05) is 12.1 Å². The van der Waals surface area contributed by atoms with Crippen molar-refractivity contribution in [2.24, 2.45) is 5.10 Å². The van der Waals surface area contributed by atoms with Crippen LogP contribution in [0.2, 0.25) is 0 Å². The smallest absolute Gasteiger partial charge is 0.269 e. The number of carbonyl (C=O) groups excluding carboxylic acids is 1. The normalized spacial score (nSPS) is 11.0. The van der Waals surface area contributed by atoms with Gasteiger partial charge in [-0.25, -0.2) is 5.43 Å². The molecule has 0 saturated carbocycles. The van der Waals surface area contributed by atoms with Crippen LogP contribution in [0.1, 0.15) is 18.1 Å². The van der Waals surface area contributed by atoms with E-state index in [-0.39, 0.29) is 18.0 Å². The van der Waals surface area contributed by atoms with Gasteiger partial charge in [0.2, 0.25) is 5.91 Å². The molecule has 2 aromatic carbocycles. The number of benzene rings is 2. The summed E-state index contributed by atoms with van der Waals surface area (Å²) in [7, 11) is 1.58. The van der Waals surface area contributed by atoms with Crippen LogP contribution >= 0.6 is 0 Å². The number of amides is 1. The first-order valence-electron chi connectivity index (χ1n) is 7.20. The van der Waals surface area contributed by atoms with Crippen molar-refractivity contribution in [3.8, 4) is 5.75 Å². The highest BCUT2D eigenvalue weighted by Crippen LogP contribution is 2.13. The van der Waals surface area contributed by atoms with Crippen molar-refractivity contribution in [1.29, 1.82) is 0 Å². The Bertz CT molecular complexity index is 752. The molecule has 0 bridgehead atoms. The van der Waals surface area contributed by atoms with Gasteiger partial charge in [-0.3, -0.25) is 14.9 Å². The van der Waals surface area contributed by atoms with Crippen molar-refractivity contribution in [3.63, 3.8) is 0 Å². The molecular weight excluding hydrogens is 310 g/mol. The number of nitrogens with one attached hydrogen (secondary N) is 1. The molecule has 1 N–H and O–H groups in total. The number of hydrogen-bond donors (Lipinski definition) is 1. The van der Waals surface area contributed by atoms with E-state index in [1.165, 1.54) is 12.1 Å². The minimum absolute atomic E-state index is 0.00934. The molecule has 0 radical (unpaired) electrons. The molecule has 1 amide bonds. The van der Waals surface area contributed by atoms with Gasteiger partial charge in [-0.15, -0.1) is 0 Å². The zero-order chi connectivity index (χ0) is 17.5. The number of rotatable bonds is 6. The van der Waals surface area contributed by atoms with Crippen molar-refractivity contribution in [2.75, 3.05) is 7.11 Å². The Kier molecular flexibility index (Phi) is 5.62. The third-order valence-corrected chi connectivity index (χ3v) is 3.37. The molecule has 0 unspecified atom stereocenters. The average molecular weight is 327 g/mol. The van der Waals surface area contributed by atoms with Crippen molar-refractivity contribution >= 4 is 17.3 Å². The quantitative estimate of drug-likeness (QED) is 0.501. The van der Waals surface area contributed by atoms with Gasteiger partial charge in [0, 0.05) is 12.1 Å². The predicted octanol–water partition coefficient (Wildman–Crippen LogP) is 2.69. The van der Waals surface area contributed by atoms with E-state index >= 15 is 0 Å². The van der Waals surface area contributed by atoms with Crippen LogP contribution in [0.3, 0.4) is 0 Å². The fourth-order valence-corrected chi connectivity index (χ4v) is 2.00. The Morgan fingerprint density at radius 3 is 2.33 bits per heavy atom. The van der Waals surface area contributed by atoms with Gasteiger partial charge < -0.3 is 4.74 Å². The number of hydrogen-bond acceptors (Lipinski definition) is 5. The standard InChI is InChI=1S/C17H17N3O4/c1-12(14-5-7-15(8-6-14)20(22)23)18-19-17(21)11-13-3-9-16(24-2)10-4-13/h3-10H,11H2,1-2H3,(H,19,21). The van der Waals surface area contributed by atoms with E-state index in [0.717, 1.165) is 11.3 Å². The minimum Gasteiger partial charge on any atom is -0.497 e. The number of hydrazone groups is 1. The van der Waals surface area contributed by atoms with Gasteiger partial charge in [-0.2, -0.15) is 5.10 Å². The van der Waals surface area contributed by atoms with Crippen LogP contribution in [0.25, 0.3) is 0 Å². The maximum atomic E-state index is 11.9. The van der Waals surface area contributed by atoms with Crippen LogP contribution in [0, 0.1) is 10.1 Å². The summed E-state index contributed by atoms with van der Waals surface area (Å²) < 4.78 is 5.06. The third-order valence-electron chi connectivity index (χ3n) is 3.37. The van der Waals surface area contributed by atoms with Crippen molar-refractivity contribution in [3.05, 3.63) is 69.8 Å². The third kappa shape index (κ3) is 4.64. The van der Waals surface area contributed by atoms with E-state index in [1.54, 1.807) is 38.3 Å². The summed E-state index contributed by atoms with van der Waals surface area (Å²) >= 11 is 0. The van der Waals surface area contributed by atoms with Gasteiger partial charge in [-0.05, 0) is 42.3 Å². The molecule has 2 rings (SSSR count). The lowest BCUT2D eigenvalue weighted by Crippen LogP contribution is -2.21. The van der Waals surface area contributed by atoms with E-state index in [0.29, 0.717) is 11.3 Å². The van der Waals surface area contributed by atoms with Crippen LogP contribution in [0.4, 0.5) is 5.69 Å². The summed E-state index contributed by atoms with van der Waals surface area (Å²) in [6.45, 7) is 1.72. The molecule has 7 heteroatoms. The van der Waals surface area contributed by atoms with Crippen molar-refractivity contribution in [2.45, 2.75) is 13.3 Å². The second-order valence-electron chi connectivity index (χ2n) is 5.06. The molecule has 0 saturated heterocycles.